The number of rotatable bonds is 3. The lowest BCUT2D eigenvalue weighted by atomic mass is 9.77. The van der Waals surface area contributed by atoms with Crippen LogP contribution in [0.5, 0.6) is 0 Å². The first-order chi connectivity index (χ1) is 9.58. The van der Waals surface area contributed by atoms with Gasteiger partial charge in [0.05, 0.1) is 5.54 Å². The van der Waals surface area contributed by atoms with E-state index in [9.17, 15) is 4.79 Å². The highest BCUT2D eigenvalue weighted by Crippen LogP contribution is 2.31. The van der Waals surface area contributed by atoms with Gasteiger partial charge < -0.3 is 16.0 Å². The average molecular weight is 273 g/mol. The van der Waals surface area contributed by atoms with Gasteiger partial charge in [0.1, 0.15) is 0 Å². The second kappa shape index (κ2) is 5.09. The lowest BCUT2D eigenvalue weighted by molar-refractivity contribution is -0.123. The molecule has 0 aromatic heterocycles. The van der Waals surface area contributed by atoms with Crippen molar-refractivity contribution in [3.8, 4) is 0 Å². The maximum atomic E-state index is 12.2. The first-order valence-electron chi connectivity index (χ1n) is 7.54. The van der Waals surface area contributed by atoms with Crippen LogP contribution >= 0.6 is 0 Å². The van der Waals surface area contributed by atoms with Gasteiger partial charge in [0.2, 0.25) is 5.91 Å². The highest BCUT2D eigenvalue weighted by Gasteiger charge is 2.40. The molecule has 108 valence electrons. The summed E-state index contributed by atoms with van der Waals surface area (Å²) in [5.74, 6) is -0.0410. The first kappa shape index (κ1) is 13.4. The van der Waals surface area contributed by atoms with Gasteiger partial charge in [-0.25, -0.2) is 0 Å². The van der Waals surface area contributed by atoms with Gasteiger partial charge in [-0.05, 0) is 62.8 Å². The van der Waals surface area contributed by atoms with Crippen molar-refractivity contribution in [2.75, 3.05) is 23.3 Å². The van der Waals surface area contributed by atoms with E-state index in [4.69, 9.17) is 5.73 Å². The lowest BCUT2D eigenvalue weighted by Gasteiger charge is -2.36. The van der Waals surface area contributed by atoms with Crippen molar-refractivity contribution >= 4 is 17.3 Å². The normalized spacial score (nSPS) is 20.6. The van der Waals surface area contributed by atoms with E-state index in [1.165, 1.54) is 18.5 Å². The van der Waals surface area contributed by atoms with E-state index in [0.717, 1.165) is 43.6 Å². The molecule has 1 aromatic rings. The Bertz CT molecular complexity index is 516. The molecule has 3 rings (SSSR count). The summed E-state index contributed by atoms with van der Waals surface area (Å²) in [4.78, 5) is 14.6. The fraction of sp³-hybridized carbons (Fsp3) is 0.562. The highest BCUT2D eigenvalue weighted by atomic mass is 16.2. The van der Waals surface area contributed by atoms with E-state index in [-0.39, 0.29) is 5.91 Å². The van der Waals surface area contributed by atoms with Crippen LogP contribution in [0.2, 0.25) is 0 Å². The zero-order chi connectivity index (χ0) is 14.2. The number of carbonyl (C=O) groups is 1. The van der Waals surface area contributed by atoms with E-state index in [0.29, 0.717) is 0 Å². The monoisotopic (exact) mass is 273 g/mol. The van der Waals surface area contributed by atoms with Crippen molar-refractivity contribution in [2.24, 2.45) is 5.73 Å². The lowest BCUT2D eigenvalue weighted by Crippen LogP contribution is -2.56. The maximum Gasteiger partial charge on any atom is 0.244 e. The van der Waals surface area contributed by atoms with Crippen LogP contribution in [-0.2, 0) is 4.79 Å². The topological polar surface area (TPSA) is 58.4 Å². The van der Waals surface area contributed by atoms with E-state index in [2.05, 4.69) is 22.3 Å². The molecular formula is C16H23N3O. The Labute approximate surface area is 120 Å². The third-order valence-electron chi connectivity index (χ3n) is 4.63. The van der Waals surface area contributed by atoms with Crippen molar-refractivity contribution in [2.45, 2.75) is 44.6 Å². The summed E-state index contributed by atoms with van der Waals surface area (Å²) in [6.45, 7) is 4.31. The third kappa shape index (κ3) is 2.40. The van der Waals surface area contributed by atoms with Gasteiger partial charge in [-0.1, -0.05) is 0 Å². The number of nitrogens with two attached hydrogens (primary N) is 1. The molecule has 0 spiro atoms. The summed E-state index contributed by atoms with van der Waals surface area (Å²) in [6.07, 6.45) is 5.19. The molecule has 1 saturated heterocycles. The molecule has 1 saturated carbocycles. The number of hydrogen-bond acceptors (Lipinski definition) is 3. The van der Waals surface area contributed by atoms with Crippen LogP contribution < -0.4 is 16.0 Å². The summed E-state index contributed by atoms with van der Waals surface area (Å²) in [7, 11) is 0. The number of aryl methyl sites for hydroxylation is 1. The van der Waals surface area contributed by atoms with Gasteiger partial charge in [-0.15, -0.1) is 0 Å². The van der Waals surface area contributed by atoms with Gasteiger partial charge in [-0.3, -0.25) is 4.79 Å². The molecule has 1 aliphatic carbocycles. The number of amides is 1. The Morgan fingerprint density at radius 2 is 1.95 bits per heavy atom. The summed E-state index contributed by atoms with van der Waals surface area (Å²) < 4.78 is 0. The molecule has 4 nitrogen and oxygen atoms in total. The molecule has 1 amide bonds. The predicted octanol–water partition coefficient (Wildman–Crippen LogP) is 2.42. The second-order valence-corrected chi connectivity index (χ2v) is 6.16. The Hall–Kier alpha value is -1.55. The summed E-state index contributed by atoms with van der Waals surface area (Å²) in [5, 5.41) is 2.99. The van der Waals surface area contributed by atoms with E-state index in [1.807, 2.05) is 13.0 Å². The Kier molecular flexibility index (Phi) is 3.42. The molecule has 20 heavy (non-hydrogen) atoms. The number of hydrogen-bond donors (Lipinski definition) is 2. The standard InChI is InChI=1S/C16H23N3O/c1-12-11-13(19-9-2-3-10-19)5-6-14(12)18-15(20)16(17)7-4-8-16/h5-6,11H,2-4,7-10,17H2,1H3,(H,18,20). The number of nitrogens with one attached hydrogen (secondary N) is 1. The largest absolute Gasteiger partial charge is 0.372 e. The van der Waals surface area contributed by atoms with Crippen molar-refractivity contribution in [3.05, 3.63) is 23.8 Å². The number of nitrogens with zero attached hydrogens (tertiary/aromatic N) is 1. The number of benzene rings is 1. The first-order valence-corrected chi connectivity index (χ1v) is 7.54. The van der Waals surface area contributed by atoms with Crippen LogP contribution in [0, 0.1) is 6.92 Å². The number of carbonyl (C=O) groups excluding carboxylic acids is 1. The molecule has 4 heteroatoms. The minimum Gasteiger partial charge on any atom is -0.372 e. The van der Waals surface area contributed by atoms with Crippen molar-refractivity contribution in [3.63, 3.8) is 0 Å². The van der Waals surface area contributed by atoms with Gasteiger partial charge in [0, 0.05) is 24.5 Å². The van der Waals surface area contributed by atoms with Gasteiger partial charge >= 0.3 is 0 Å². The van der Waals surface area contributed by atoms with Crippen LogP contribution in [-0.4, -0.2) is 24.5 Å². The molecule has 1 heterocycles. The molecule has 2 aliphatic rings. The molecule has 0 bridgehead atoms. The molecule has 3 N–H and O–H groups in total. The predicted molar refractivity (Wildman–Crippen MR) is 82.0 cm³/mol. The van der Waals surface area contributed by atoms with Crippen LogP contribution in [0.3, 0.4) is 0 Å². The summed E-state index contributed by atoms with van der Waals surface area (Å²) in [6, 6.07) is 6.26. The Morgan fingerprint density at radius 1 is 1.25 bits per heavy atom. The molecule has 1 aromatic carbocycles. The quantitative estimate of drug-likeness (QED) is 0.889. The minimum absolute atomic E-state index is 0.0410. The zero-order valence-corrected chi connectivity index (χ0v) is 12.1. The smallest absolute Gasteiger partial charge is 0.244 e. The Balaban J connectivity index is 1.72. The van der Waals surface area contributed by atoms with Crippen molar-refractivity contribution in [1.29, 1.82) is 0 Å². The van der Waals surface area contributed by atoms with E-state index >= 15 is 0 Å². The van der Waals surface area contributed by atoms with Gasteiger partial charge in [0.25, 0.3) is 0 Å². The van der Waals surface area contributed by atoms with Crippen molar-refractivity contribution < 1.29 is 4.79 Å². The minimum atomic E-state index is -0.639. The SMILES string of the molecule is Cc1cc(N2CCCC2)ccc1NC(=O)C1(N)CCC1. The summed E-state index contributed by atoms with van der Waals surface area (Å²) in [5.41, 5.74) is 8.65. The van der Waals surface area contributed by atoms with E-state index in [1.54, 1.807) is 0 Å². The van der Waals surface area contributed by atoms with E-state index < -0.39 is 5.54 Å². The molecule has 2 fully saturated rings. The fourth-order valence-corrected chi connectivity index (χ4v) is 2.99. The van der Waals surface area contributed by atoms with Gasteiger partial charge in [-0.2, -0.15) is 0 Å². The maximum absolute atomic E-state index is 12.2. The Morgan fingerprint density at radius 3 is 2.50 bits per heavy atom. The van der Waals surface area contributed by atoms with Crippen molar-refractivity contribution in [1.82, 2.24) is 0 Å². The molecule has 0 unspecified atom stereocenters. The highest BCUT2D eigenvalue weighted by molar-refractivity contribution is 5.99. The van der Waals surface area contributed by atoms with Crippen LogP contribution in [0.4, 0.5) is 11.4 Å². The fourth-order valence-electron chi connectivity index (χ4n) is 2.99. The molecule has 0 atom stereocenters. The molecule has 0 radical (unpaired) electrons. The van der Waals surface area contributed by atoms with Gasteiger partial charge in [0.15, 0.2) is 0 Å². The summed E-state index contributed by atoms with van der Waals surface area (Å²) >= 11 is 0. The van der Waals surface area contributed by atoms with Crippen LogP contribution in [0.25, 0.3) is 0 Å². The zero-order valence-electron chi connectivity index (χ0n) is 12.1. The van der Waals surface area contributed by atoms with Crippen LogP contribution in [0.1, 0.15) is 37.7 Å². The molecule has 1 aliphatic heterocycles. The number of anilines is 2. The third-order valence-corrected chi connectivity index (χ3v) is 4.63. The molecular weight excluding hydrogens is 250 g/mol. The second-order valence-electron chi connectivity index (χ2n) is 6.16. The average Bonchev–Trinajstić information content (AvgIpc) is 2.92. The van der Waals surface area contributed by atoms with Crippen LogP contribution in [0.15, 0.2) is 18.2 Å².